The van der Waals surface area contributed by atoms with Crippen LogP contribution in [0.2, 0.25) is 0 Å². The van der Waals surface area contributed by atoms with E-state index in [9.17, 15) is 9.59 Å². The summed E-state index contributed by atoms with van der Waals surface area (Å²) in [4.78, 5) is 27.6. The molecule has 1 spiro atoms. The molecular formula is C24H25NO4. The highest BCUT2D eigenvalue weighted by atomic mass is 16.5. The summed E-state index contributed by atoms with van der Waals surface area (Å²) in [5.74, 6) is 0.312. The van der Waals surface area contributed by atoms with Crippen molar-refractivity contribution >= 4 is 12.0 Å². The molecule has 2 aliphatic heterocycles. The zero-order valence-corrected chi connectivity index (χ0v) is 16.6. The van der Waals surface area contributed by atoms with Gasteiger partial charge in [-0.1, -0.05) is 36.4 Å². The SMILES string of the molecule is Cc1cc(C2CCCO2)oc(=O)c1C(=O)N1CCC2(C=Cc3ccccc32)CC1. The van der Waals surface area contributed by atoms with Gasteiger partial charge >= 0.3 is 5.63 Å². The molecule has 29 heavy (non-hydrogen) atoms. The molecule has 0 N–H and O–H groups in total. The lowest BCUT2D eigenvalue weighted by Gasteiger charge is -2.39. The molecule has 5 heteroatoms. The second-order valence-electron chi connectivity index (χ2n) is 8.36. The molecule has 150 valence electrons. The largest absolute Gasteiger partial charge is 0.424 e. The smallest absolute Gasteiger partial charge is 0.349 e. The van der Waals surface area contributed by atoms with Crippen LogP contribution in [-0.2, 0) is 10.2 Å². The molecule has 0 radical (unpaired) electrons. The number of hydrogen-bond acceptors (Lipinski definition) is 4. The summed E-state index contributed by atoms with van der Waals surface area (Å²) in [5, 5.41) is 0. The predicted octanol–water partition coefficient (Wildman–Crippen LogP) is 4.00. The standard InChI is InChI=1S/C24H25NO4/c1-16-15-20(19-7-4-14-28-19)29-23(27)21(16)22(26)25-12-10-24(11-13-25)9-8-17-5-2-3-6-18(17)24/h2-3,5-6,8-9,15,19H,4,7,10-14H2,1H3. The van der Waals surface area contributed by atoms with E-state index in [0.717, 1.165) is 25.7 Å². The first-order valence-electron chi connectivity index (χ1n) is 10.4. The number of nitrogens with zero attached hydrogens (tertiary/aromatic N) is 1. The van der Waals surface area contributed by atoms with Crippen molar-refractivity contribution in [3.63, 3.8) is 0 Å². The Labute approximate surface area is 170 Å². The number of rotatable bonds is 2. The monoisotopic (exact) mass is 391 g/mol. The van der Waals surface area contributed by atoms with Crippen LogP contribution in [0.5, 0.6) is 0 Å². The Kier molecular flexibility index (Phi) is 4.43. The molecule has 1 aromatic heterocycles. The van der Waals surface area contributed by atoms with E-state index >= 15 is 0 Å². The van der Waals surface area contributed by atoms with E-state index in [2.05, 4.69) is 36.4 Å². The second-order valence-corrected chi connectivity index (χ2v) is 8.36. The quantitative estimate of drug-likeness (QED) is 0.776. The summed E-state index contributed by atoms with van der Waals surface area (Å²) in [5.41, 5.74) is 2.91. The van der Waals surface area contributed by atoms with Gasteiger partial charge in [0.1, 0.15) is 17.4 Å². The van der Waals surface area contributed by atoms with Gasteiger partial charge in [0.2, 0.25) is 0 Å². The number of allylic oxidation sites excluding steroid dienone is 1. The van der Waals surface area contributed by atoms with Crippen LogP contribution < -0.4 is 5.63 Å². The normalized spacial score (nSPS) is 22.2. The lowest BCUT2D eigenvalue weighted by Crippen LogP contribution is -2.45. The molecule has 0 saturated carbocycles. The molecule has 5 rings (SSSR count). The highest BCUT2D eigenvalue weighted by Gasteiger charge is 2.39. The fraction of sp³-hybridized carbons (Fsp3) is 0.417. The van der Waals surface area contributed by atoms with Gasteiger partial charge < -0.3 is 14.1 Å². The molecule has 1 aromatic carbocycles. The zero-order chi connectivity index (χ0) is 20.0. The Morgan fingerprint density at radius 3 is 2.72 bits per heavy atom. The summed E-state index contributed by atoms with van der Waals surface area (Å²) in [7, 11) is 0. The topological polar surface area (TPSA) is 59.8 Å². The van der Waals surface area contributed by atoms with Crippen LogP contribution in [0.3, 0.4) is 0 Å². The molecule has 1 amide bonds. The zero-order valence-electron chi connectivity index (χ0n) is 16.6. The number of hydrogen-bond donors (Lipinski definition) is 0. The lowest BCUT2D eigenvalue weighted by atomic mass is 9.74. The van der Waals surface area contributed by atoms with E-state index in [1.807, 2.05) is 6.92 Å². The minimum absolute atomic E-state index is 0.0107. The minimum Gasteiger partial charge on any atom is -0.424 e. The predicted molar refractivity (Wildman–Crippen MR) is 110 cm³/mol. The molecular weight excluding hydrogens is 366 g/mol. The van der Waals surface area contributed by atoms with Gasteiger partial charge in [-0.25, -0.2) is 4.79 Å². The van der Waals surface area contributed by atoms with Crippen LogP contribution in [0.4, 0.5) is 0 Å². The van der Waals surface area contributed by atoms with Gasteiger partial charge in [0, 0.05) is 25.1 Å². The Morgan fingerprint density at radius 2 is 2.00 bits per heavy atom. The van der Waals surface area contributed by atoms with E-state index in [1.165, 1.54) is 11.1 Å². The Hall–Kier alpha value is -2.66. The molecule has 2 fully saturated rings. The van der Waals surface area contributed by atoms with Crippen molar-refractivity contribution in [1.29, 1.82) is 0 Å². The Balaban J connectivity index is 1.35. The highest BCUT2D eigenvalue weighted by molar-refractivity contribution is 5.95. The summed E-state index contributed by atoms with van der Waals surface area (Å²) < 4.78 is 11.1. The van der Waals surface area contributed by atoms with Crippen molar-refractivity contribution in [2.75, 3.05) is 19.7 Å². The van der Waals surface area contributed by atoms with Gasteiger partial charge in [-0.3, -0.25) is 4.79 Å². The first kappa shape index (κ1) is 18.4. The van der Waals surface area contributed by atoms with Crippen LogP contribution in [0.1, 0.15) is 64.6 Å². The third-order valence-electron chi connectivity index (χ3n) is 6.65. The summed E-state index contributed by atoms with van der Waals surface area (Å²) >= 11 is 0. The van der Waals surface area contributed by atoms with E-state index in [1.54, 1.807) is 11.0 Å². The van der Waals surface area contributed by atoms with Gasteiger partial charge in [0.25, 0.3) is 5.91 Å². The molecule has 3 heterocycles. The third-order valence-corrected chi connectivity index (χ3v) is 6.65. The first-order chi connectivity index (χ1) is 14.1. The van der Waals surface area contributed by atoms with Crippen molar-refractivity contribution in [2.45, 2.75) is 44.1 Å². The Morgan fingerprint density at radius 1 is 1.21 bits per heavy atom. The van der Waals surface area contributed by atoms with Gasteiger partial charge in [-0.05, 0) is 55.4 Å². The fourth-order valence-electron chi connectivity index (χ4n) is 4.99. The molecule has 2 saturated heterocycles. The average molecular weight is 391 g/mol. The van der Waals surface area contributed by atoms with Gasteiger partial charge in [-0.15, -0.1) is 0 Å². The lowest BCUT2D eigenvalue weighted by molar-refractivity contribution is 0.0677. The van der Waals surface area contributed by atoms with Crippen LogP contribution in [0, 0.1) is 6.92 Å². The van der Waals surface area contributed by atoms with Crippen molar-refractivity contribution in [1.82, 2.24) is 4.90 Å². The third kappa shape index (κ3) is 3.04. The number of aryl methyl sites for hydroxylation is 1. The van der Waals surface area contributed by atoms with Gasteiger partial charge in [0.15, 0.2) is 0 Å². The van der Waals surface area contributed by atoms with Crippen LogP contribution >= 0.6 is 0 Å². The molecule has 2 aromatic rings. The van der Waals surface area contributed by atoms with Gasteiger partial charge in [-0.2, -0.15) is 0 Å². The van der Waals surface area contributed by atoms with E-state index in [4.69, 9.17) is 9.15 Å². The maximum absolute atomic E-state index is 13.1. The van der Waals surface area contributed by atoms with Crippen molar-refractivity contribution in [3.05, 3.63) is 74.8 Å². The number of carbonyl (C=O) groups is 1. The minimum atomic E-state index is -0.549. The number of ether oxygens (including phenoxy) is 1. The summed E-state index contributed by atoms with van der Waals surface area (Å²) in [6.45, 7) is 3.75. The average Bonchev–Trinajstić information content (AvgIpc) is 3.38. The van der Waals surface area contributed by atoms with Gasteiger partial charge in [0.05, 0.1) is 0 Å². The molecule has 1 atom stereocenters. The van der Waals surface area contributed by atoms with Crippen LogP contribution in [0.25, 0.3) is 6.08 Å². The number of benzene rings is 1. The van der Waals surface area contributed by atoms with Crippen molar-refractivity contribution in [2.24, 2.45) is 0 Å². The van der Waals surface area contributed by atoms with E-state index in [-0.39, 0.29) is 23.0 Å². The maximum atomic E-state index is 13.1. The number of piperidine rings is 1. The van der Waals surface area contributed by atoms with E-state index in [0.29, 0.717) is 31.0 Å². The van der Waals surface area contributed by atoms with E-state index < -0.39 is 5.63 Å². The Bertz CT molecular complexity index is 1040. The molecule has 1 aliphatic carbocycles. The van der Waals surface area contributed by atoms with Crippen LogP contribution in [-0.4, -0.2) is 30.5 Å². The number of likely N-dealkylation sites (tertiary alicyclic amines) is 1. The number of amides is 1. The highest BCUT2D eigenvalue weighted by Crippen LogP contribution is 2.43. The number of carbonyl (C=O) groups excluding carboxylic acids is 1. The molecule has 1 unspecified atom stereocenters. The van der Waals surface area contributed by atoms with Crippen molar-refractivity contribution < 1.29 is 13.9 Å². The molecule has 3 aliphatic rings. The maximum Gasteiger partial charge on any atom is 0.349 e. The fourth-order valence-corrected chi connectivity index (χ4v) is 4.99. The second kappa shape index (κ2) is 6.99. The summed E-state index contributed by atoms with van der Waals surface area (Å²) in [6.07, 6.45) is 7.84. The van der Waals surface area contributed by atoms with Crippen LogP contribution in [0.15, 0.2) is 45.6 Å². The first-order valence-corrected chi connectivity index (χ1v) is 10.4. The van der Waals surface area contributed by atoms with Crippen molar-refractivity contribution in [3.8, 4) is 0 Å². The summed E-state index contributed by atoms with van der Waals surface area (Å²) in [6, 6.07) is 10.3. The molecule has 0 bridgehead atoms. The number of fused-ring (bicyclic) bond motifs is 2. The molecule has 5 nitrogen and oxygen atoms in total.